The van der Waals surface area contributed by atoms with Crippen LogP contribution in [0, 0.1) is 11.8 Å². The van der Waals surface area contributed by atoms with Crippen molar-refractivity contribution in [3.63, 3.8) is 0 Å². The summed E-state index contributed by atoms with van der Waals surface area (Å²) < 4.78 is 0. The van der Waals surface area contributed by atoms with Crippen LogP contribution in [-0.4, -0.2) is 17.4 Å². The Labute approximate surface area is 119 Å². The monoisotopic (exact) mass is 276 g/mol. The number of benzene rings is 1. The lowest BCUT2D eigenvalue weighted by atomic mass is 9.83. The predicted molar refractivity (Wildman–Crippen MR) is 80.9 cm³/mol. The van der Waals surface area contributed by atoms with Gasteiger partial charge in [-0.25, -0.2) is 0 Å². The van der Waals surface area contributed by atoms with E-state index in [2.05, 4.69) is 23.5 Å². The van der Waals surface area contributed by atoms with Gasteiger partial charge >= 0.3 is 0 Å². The van der Waals surface area contributed by atoms with Crippen molar-refractivity contribution in [1.82, 2.24) is 5.32 Å². The summed E-state index contributed by atoms with van der Waals surface area (Å²) in [5, 5.41) is 2.96. The third-order valence-electron chi connectivity index (χ3n) is 3.79. The first-order valence-electron chi connectivity index (χ1n) is 6.71. The molecule has 0 fully saturated rings. The first-order chi connectivity index (χ1) is 9.08. The molecule has 2 rings (SSSR count). The van der Waals surface area contributed by atoms with E-state index in [0.29, 0.717) is 11.5 Å². The highest BCUT2D eigenvalue weighted by molar-refractivity contribution is 7.80. The van der Waals surface area contributed by atoms with Gasteiger partial charge < -0.3 is 11.1 Å². The van der Waals surface area contributed by atoms with Crippen LogP contribution >= 0.6 is 12.2 Å². The van der Waals surface area contributed by atoms with Gasteiger partial charge in [0.2, 0.25) is 5.91 Å². The van der Waals surface area contributed by atoms with Gasteiger partial charge in [-0.2, -0.15) is 0 Å². The molecule has 0 aromatic heterocycles. The maximum atomic E-state index is 12.1. The third-order valence-corrected chi connectivity index (χ3v) is 4.19. The number of carbonyl (C=O) groups is 1. The maximum Gasteiger partial charge on any atom is 0.223 e. The minimum atomic E-state index is 0.0508. The molecule has 1 aliphatic carbocycles. The fourth-order valence-corrected chi connectivity index (χ4v) is 2.50. The Hall–Kier alpha value is -1.42. The van der Waals surface area contributed by atoms with Crippen LogP contribution in [0.3, 0.4) is 0 Å². The van der Waals surface area contributed by atoms with Gasteiger partial charge in [0, 0.05) is 18.4 Å². The molecule has 3 nitrogen and oxygen atoms in total. The number of aryl methyl sites for hydroxylation is 1. The second kappa shape index (κ2) is 6.15. The molecule has 1 aromatic rings. The second-order valence-corrected chi connectivity index (χ2v) is 5.73. The van der Waals surface area contributed by atoms with Gasteiger partial charge in [0.1, 0.15) is 0 Å². The number of hydrogen-bond acceptors (Lipinski definition) is 2. The highest BCUT2D eigenvalue weighted by atomic mass is 32.1. The van der Waals surface area contributed by atoms with Crippen molar-refractivity contribution >= 4 is 23.1 Å². The summed E-state index contributed by atoms with van der Waals surface area (Å²) in [4.78, 5) is 12.6. The highest BCUT2D eigenvalue weighted by Crippen LogP contribution is 2.25. The molecule has 0 saturated heterocycles. The molecule has 19 heavy (non-hydrogen) atoms. The SMILES string of the molecule is CC(CNC(=O)C1CCc2ccccc2C1)C(N)=S. The van der Waals surface area contributed by atoms with Gasteiger partial charge in [-0.1, -0.05) is 43.4 Å². The number of fused-ring (bicyclic) bond motifs is 1. The predicted octanol–water partition coefficient (Wildman–Crippen LogP) is 1.83. The molecule has 102 valence electrons. The molecule has 0 aliphatic heterocycles. The third kappa shape index (κ3) is 3.53. The largest absolute Gasteiger partial charge is 0.393 e. The van der Waals surface area contributed by atoms with Crippen molar-refractivity contribution in [2.75, 3.05) is 6.54 Å². The molecule has 1 amide bonds. The summed E-state index contributed by atoms with van der Waals surface area (Å²) >= 11 is 4.91. The standard InChI is InChI=1S/C15H20N2OS/c1-10(14(16)19)9-17-15(18)13-7-6-11-4-2-3-5-12(11)8-13/h2-5,10,13H,6-9H2,1H3,(H2,16,19)(H,17,18). The number of nitrogens with one attached hydrogen (secondary N) is 1. The lowest BCUT2D eigenvalue weighted by molar-refractivity contribution is -0.125. The van der Waals surface area contributed by atoms with Gasteiger partial charge in [-0.05, 0) is 30.4 Å². The molecule has 2 atom stereocenters. The first kappa shape index (κ1) is 14.0. The van der Waals surface area contributed by atoms with Crippen molar-refractivity contribution in [2.45, 2.75) is 26.2 Å². The number of amides is 1. The van der Waals surface area contributed by atoms with E-state index < -0.39 is 0 Å². The van der Waals surface area contributed by atoms with Crippen LogP contribution in [0.4, 0.5) is 0 Å². The minimum Gasteiger partial charge on any atom is -0.393 e. The molecule has 3 N–H and O–H groups in total. The van der Waals surface area contributed by atoms with Crippen molar-refractivity contribution in [3.8, 4) is 0 Å². The zero-order valence-corrected chi connectivity index (χ0v) is 12.0. The van der Waals surface area contributed by atoms with Gasteiger partial charge in [0.15, 0.2) is 0 Å². The summed E-state index contributed by atoms with van der Waals surface area (Å²) in [6.07, 6.45) is 2.74. The van der Waals surface area contributed by atoms with Gasteiger partial charge in [0.25, 0.3) is 0 Å². The molecule has 0 saturated carbocycles. The Morgan fingerprint density at radius 2 is 2.16 bits per heavy atom. The summed E-state index contributed by atoms with van der Waals surface area (Å²) in [6.45, 7) is 2.46. The highest BCUT2D eigenvalue weighted by Gasteiger charge is 2.24. The number of hydrogen-bond donors (Lipinski definition) is 2. The topological polar surface area (TPSA) is 55.1 Å². The molecule has 0 radical (unpaired) electrons. The number of carbonyl (C=O) groups excluding carboxylic acids is 1. The maximum absolute atomic E-state index is 12.1. The summed E-state index contributed by atoms with van der Waals surface area (Å²) in [7, 11) is 0. The van der Waals surface area contributed by atoms with Crippen molar-refractivity contribution in [2.24, 2.45) is 17.6 Å². The molecular formula is C15H20N2OS. The molecule has 0 spiro atoms. The number of nitrogens with two attached hydrogens (primary N) is 1. The smallest absolute Gasteiger partial charge is 0.223 e. The van der Waals surface area contributed by atoms with E-state index in [1.54, 1.807) is 0 Å². The molecule has 0 heterocycles. The van der Waals surface area contributed by atoms with Crippen LogP contribution in [0.2, 0.25) is 0 Å². The van der Waals surface area contributed by atoms with E-state index in [0.717, 1.165) is 19.3 Å². The van der Waals surface area contributed by atoms with Crippen LogP contribution < -0.4 is 11.1 Å². The minimum absolute atomic E-state index is 0.0508. The zero-order chi connectivity index (χ0) is 13.8. The quantitative estimate of drug-likeness (QED) is 0.825. The second-order valence-electron chi connectivity index (χ2n) is 5.26. The molecule has 2 unspecified atom stereocenters. The Morgan fingerprint density at radius 1 is 1.47 bits per heavy atom. The Bertz CT molecular complexity index is 487. The fraction of sp³-hybridized carbons (Fsp3) is 0.467. The summed E-state index contributed by atoms with van der Waals surface area (Å²) in [5.41, 5.74) is 8.22. The van der Waals surface area contributed by atoms with Crippen LogP contribution in [0.25, 0.3) is 0 Å². The fourth-order valence-electron chi connectivity index (χ4n) is 2.42. The van der Waals surface area contributed by atoms with Crippen LogP contribution in [0.15, 0.2) is 24.3 Å². The molecule has 0 bridgehead atoms. The average molecular weight is 276 g/mol. The van der Waals surface area contributed by atoms with Gasteiger partial charge in [-0.3, -0.25) is 4.79 Å². The van der Waals surface area contributed by atoms with E-state index in [9.17, 15) is 4.79 Å². The Kier molecular flexibility index (Phi) is 4.53. The van der Waals surface area contributed by atoms with Crippen LogP contribution in [0.5, 0.6) is 0 Å². The molecular weight excluding hydrogens is 256 g/mol. The van der Waals surface area contributed by atoms with E-state index in [1.807, 2.05) is 13.0 Å². The average Bonchev–Trinajstić information content (AvgIpc) is 2.43. The van der Waals surface area contributed by atoms with Gasteiger partial charge in [-0.15, -0.1) is 0 Å². The zero-order valence-electron chi connectivity index (χ0n) is 11.2. The van der Waals surface area contributed by atoms with Crippen molar-refractivity contribution < 1.29 is 4.79 Å². The molecule has 1 aromatic carbocycles. The van der Waals surface area contributed by atoms with E-state index in [4.69, 9.17) is 18.0 Å². The first-order valence-corrected chi connectivity index (χ1v) is 7.12. The van der Waals surface area contributed by atoms with E-state index in [1.165, 1.54) is 11.1 Å². The van der Waals surface area contributed by atoms with Crippen LogP contribution in [0.1, 0.15) is 24.5 Å². The van der Waals surface area contributed by atoms with Gasteiger partial charge in [0.05, 0.1) is 4.99 Å². The Morgan fingerprint density at radius 3 is 2.84 bits per heavy atom. The number of rotatable bonds is 4. The van der Waals surface area contributed by atoms with Crippen molar-refractivity contribution in [3.05, 3.63) is 35.4 Å². The normalized spacial score (nSPS) is 19.3. The van der Waals surface area contributed by atoms with Crippen LogP contribution in [-0.2, 0) is 17.6 Å². The summed E-state index contributed by atoms with van der Waals surface area (Å²) in [5.74, 6) is 0.251. The molecule has 1 aliphatic rings. The van der Waals surface area contributed by atoms with E-state index >= 15 is 0 Å². The lowest BCUT2D eigenvalue weighted by Crippen LogP contribution is -2.38. The molecule has 4 heteroatoms. The lowest BCUT2D eigenvalue weighted by Gasteiger charge is -2.24. The Balaban J connectivity index is 1.90. The summed E-state index contributed by atoms with van der Waals surface area (Å²) in [6, 6.07) is 8.36. The number of thiocarbonyl (C=S) groups is 1. The van der Waals surface area contributed by atoms with Crippen molar-refractivity contribution in [1.29, 1.82) is 0 Å². The van der Waals surface area contributed by atoms with E-state index in [-0.39, 0.29) is 17.7 Å².